The van der Waals surface area contributed by atoms with Gasteiger partial charge in [0.25, 0.3) is 11.1 Å². The molecule has 0 spiro atoms. The first-order valence-electron chi connectivity index (χ1n) is 6.68. The molecule has 24 heavy (non-hydrogen) atoms. The molecule has 1 fully saturated rings. The Balaban J connectivity index is 2.23. The van der Waals surface area contributed by atoms with Crippen molar-refractivity contribution in [1.82, 2.24) is 4.90 Å². The summed E-state index contributed by atoms with van der Waals surface area (Å²) in [4.78, 5) is 46.8. The lowest BCUT2D eigenvalue weighted by Gasteiger charge is -2.10. The molecule has 0 saturated carbocycles. The smallest absolute Gasteiger partial charge is 0.341 e. The third-order valence-electron chi connectivity index (χ3n) is 2.95. The maximum atomic E-state index is 12.2. The van der Waals surface area contributed by atoms with Crippen LogP contribution in [0.4, 0.5) is 4.79 Å². The van der Waals surface area contributed by atoms with Crippen LogP contribution in [0.2, 0.25) is 0 Å². The van der Waals surface area contributed by atoms with E-state index in [0.717, 1.165) is 12.0 Å². The Labute approximate surface area is 141 Å². The van der Waals surface area contributed by atoms with Gasteiger partial charge in [-0.25, -0.2) is 4.79 Å². The zero-order valence-corrected chi connectivity index (χ0v) is 13.4. The van der Waals surface area contributed by atoms with E-state index >= 15 is 0 Å². The third kappa shape index (κ3) is 4.13. The van der Waals surface area contributed by atoms with Gasteiger partial charge in [0.05, 0.1) is 12.0 Å². The van der Waals surface area contributed by atoms with Crippen molar-refractivity contribution in [3.8, 4) is 5.75 Å². The van der Waals surface area contributed by atoms with Crippen LogP contribution in [-0.2, 0) is 19.1 Å². The molecule has 0 unspecified atom stereocenters. The third-order valence-corrected chi connectivity index (χ3v) is 3.85. The zero-order chi connectivity index (χ0) is 17.7. The number of rotatable bonds is 6. The molecule has 0 radical (unpaired) electrons. The first kappa shape index (κ1) is 17.5. The summed E-state index contributed by atoms with van der Waals surface area (Å²) in [6.07, 6.45) is 1.42. The van der Waals surface area contributed by atoms with Crippen molar-refractivity contribution in [1.29, 1.82) is 0 Å². The lowest BCUT2D eigenvalue weighted by molar-refractivity contribution is -0.143. The van der Waals surface area contributed by atoms with Crippen molar-refractivity contribution in [3.63, 3.8) is 0 Å². The van der Waals surface area contributed by atoms with E-state index in [1.54, 1.807) is 24.3 Å². The number of hydrogen-bond donors (Lipinski definition) is 1. The molecule has 1 aliphatic heterocycles. The zero-order valence-electron chi connectivity index (χ0n) is 12.6. The van der Waals surface area contributed by atoms with Gasteiger partial charge in [0.15, 0.2) is 6.61 Å². The van der Waals surface area contributed by atoms with Gasteiger partial charge in [0, 0.05) is 5.56 Å². The number of imide groups is 1. The topological polar surface area (TPSA) is 110 Å². The lowest BCUT2D eigenvalue weighted by Crippen LogP contribution is -2.34. The fourth-order valence-electron chi connectivity index (χ4n) is 1.84. The van der Waals surface area contributed by atoms with E-state index in [1.165, 1.54) is 6.08 Å². The highest BCUT2D eigenvalue weighted by molar-refractivity contribution is 8.18. The number of nitrogens with zero attached hydrogens (tertiary/aromatic N) is 1. The van der Waals surface area contributed by atoms with Crippen LogP contribution in [0, 0.1) is 0 Å². The Morgan fingerprint density at radius 3 is 2.67 bits per heavy atom. The second-order valence-electron chi connectivity index (χ2n) is 4.56. The Hall–Kier alpha value is -2.81. The second kappa shape index (κ2) is 7.64. The maximum Gasteiger partial charge on any atom is 0.341 e. The number of para-hydroxylation sites is 1. The highest BCUT2D eigenvalue weighted by Crippen LogP contribution is 2.33. The number of carbonyl (C=O) groups excluding carboxylic acids is 3. The Morgan fingerprint density at radius 2 is 2.00 bits per heavy atom. The number of carbonyl (C=O) groups is 4. The van der Waals surface area contributed by atoms with E-state index in [4.69, 9.17) is 9.84 Å². The molecule has 0 bridgehead atoms. The predicted octanol–water partition coefficient (Wildman–Crippen LogP) is 1.36. The van der Waals surface area contributed by atoms with Crippen LogP contribution in [0.3, 0.4) is 0 Å². The molecule has 1 aromatic carbocycles. The minimum Gasteiger partial charge on any atom is -0.481 e. The fraction of sp³-hybridized carbons (Fsp3) is 0.200. The molecule has 0 atom stereocenters. The number of esters is 1. The van der Waals surface area contributed by atoms with Crippen LogP contribution in [0.25, 0.3) is 6.08 Å². The van der Waals surface area contributed by atoms with Crippen LogP contribution in [-0.4, -0.2) is 53.4 Å². The average Bonchev–Trinajstić information content (AvgIpc) is 2.81. The van der Waals surface area contributed by atoms with E-state index in [2.05, 4.69) is 4.74 Å². The molecule has 1 N–H and O–H groups in total. The van der Waals surface area contributed by atoms with Crippen LogP contribution < -0.4 is 4.74 Å². The number of thioether (sulfide) groups is 1. The quantitative estimate of drug-likeness (QED) is 0.604. The lowest BCUT2D eigenvalue weighted by atomic mass is 10.2. The van der Waals surface area contributed by atoms with Gasteiger partial charge < -0.3 is 14.6 Å². The van der Waals surface area contributed by atoms with Gasteiger partial charge in [-0.2, -0.15) is 0 Å². The molecule has 1 aliphatic rings. The fourth-order valence-corrected chi connectivity index (χ4v) is 2.67. The van der Waals surface area contributed by atoms with Crippen LogP contribution in [0.5, 0.6) is 5.75 Å². The molecule has 2 amide bonds. The highest BCUT2D eigenvalue weighted by atomic mass is 32.2. The van der Waals surface area contributed by atoms with Gasteiger partial charge in [-0.1, -0.05) is 18.2 Å². The average molecular weight is 351 g/mol. The number of hydrogen-bond acceptors (Lipinski definition) is 7. The normalized spacial score (nSPS) is 15.7. The minimum atomic E-state index is -1.14. The van der Waals surface area contributed by atoms with E-state index in [-0.39, 0.29) is 10.7 Å². The van der Waals surface area contributed by atoms with Gasteiger partial charge in [0.2, 0.25) is 0 Å². The summed E-state index contributed by atoms with van der Waals surface area (Å²) in [5.41, 5.74) is 0.447. The number of aliphatic carboxylic acids is 1. The highest BCUT2D eigenvalue weighted by Gasteiger charge is 2.36. The van der Waals surface area contributed by atoms with Gasteiger partial charge in [-0.05, 0) is 23.9 Å². The Kier molecular flexibility index (Phi) is 5.59. The van der Waals surface area contributed by atoms with Crippen LogP contribution >= 0.6 is 11.8 Å². The summed E-state index contributed by atoms with van der Waals surface area (Å²) in [5, 5.41) is 8.09. The first-order valence-corrected chi connectivity index (χ1v) is 7.50. The van der Waals surface area contributed by atoms with Gasteiger partial charge >= 0.3 is 11.9 Å². The van der Waals surface area contributed by atoms with Crippen molar-refractivity contribution >= 4 is 40.9 Å². The van der Waals surface area contributed by atoms with Crippen LogP contribution in [0.1, 0.15) is 5.56 Å². The molecule has 0 aromatic heterocycles. The minimum absolute atomic E-state index is 0.107. The molecule has 0 aliphatic carbocycles. The predicted molar refractivity (Wildman–Crippen MR) is 84.3 cm³/mol. The number of ether oxygens (including phenoxy) is 2. The molecule has 2 rings (SSSR count). The first-order chi connectivity index (χ1) is 11.4. The number of amides is 2. The standard InChI is InChI=1S/C15H13NO7S/c1-22-13(19)7-16-14(20)11(24-15(16)21)6-9-4-2-3-5-10(9)23-8-12(17)18/h2-6H,7-8H2,1H3,(H,17,18)/b11-6-. The number of benzene rings is 1. The van der Waals surface area contributed by atoms with E-state index in [1.807, 2.05) is 0 Å². The van der Waals surface area contributed by atoms with Gasteiger partial charge in [-0.15, -0.1) is 0 Å². The molecule has 1 heterocycles. The van der Waals surface area contributed by atoms with Crippen LogP contribution in [0.15, 0.2) is 29.2 Å². The molecule has 9 heteroatoms. The summed E-state index contributed by atoms with van der Waals surface area (Å²) >= 11 is 0.681. The number of carboxylic acid groups (broad SMARTS) is 1. The van der Waals surface area contributed by atoms with E-state index in [0.29, 0.717) is 17.3 Å². The molecule has 1 aromatic rings. The number of carboxylic acids is 1. The summed E-state index contributed by atoms with van der Waals surface area (Å²) in [5.74, 6) is -2.20. The molecular formula is C15H13NO7S. The van der Waals surface area contributed by atoms with E-state index in [9.17, 15) is 19.2 Å². The molecular weight excluding hydrogens is 338 g/mol. The summed E-state index contributed by atoms with van der Waals surface area (Å²) < 4.78 is 9.59. The summed E-state index contributed by atoms with van der Waals surface area (Å²) in [7, 11) is 1.16. The van der Waals surface area contributed by atoms with Gasteiger partial charge in [-0.3, -0.25) is 19.3 Å². The Bertz CT molecular complexity index is 728. The van der Waals surface area contributed by atoms with Crippen molar-refractivity contribution in [2.75, 3.05) is 20.3 Å². The summed E-state index contributed by atoms with van der Waals surface area (Å²) in [6, 6.07) is 6.49. The Morgan fingerprint density at radius 1 is 1.29 bits per heavy atom. The second-order valence-corrected chi connectivity index (χ2v) is 5.56. The summed E-state index contributed by atoms with van der Waals surface area (Å²) in [6.45, 7) is -0.996. The largest absolute Gasteiger partial charge is 0.481 e. The molecule has 8 nitrogen and oxygen atoms in total. The molecule has 1 saturated heterocycles. The SMILES string of the molecule is COC(=O)CN1C(=O)S/C(=C\c2ccccc2OCC(=O)O)C1=O. The number of methoxy groups -OCH3 is 1. The maximum absolute atomic E-state index is 12.2. The van der Waals surface area contributed by atoms with E-state index < -0.39 is 36.2 Å². The molecule has 126 valence electrons. The monoisotopic (exact) mass is 351 g/mol. The van der Waals surface area contributed by atoms with Crippen molar-refractivity contribution in [3.05, 3.63) is 34.7 Å². The van der Waals surface area contributed by atoms with Crippen molar-refractivity contribution < 1.29 is 33.8 Å². The van der Waals surface area contributed by atoms with Crippen molar-refractivity contribution in [2.24, 2.45) is 0 Å². The van der Waals surface area contributed by atoms with Gasteiger partial charge in [0.1, 0.15) is 12.3 Å². The van der Waals surface area contributed by atoms with Crippen molar-refractivity contribution in [2.45, 2.75) is 0 Å².